The van der Waals surface area contributed by atoms with E-state index in [4.69, 9.17) is 0 Å². The number of aryl methyl sites for hydroxylation is 1. The van der Waals surface area contributed by atoms with Crippen molar-refractivity contribution in [3.05, 3.63) is 88.6 Å². The van der Waals surface area contributed by atoms with E-state index in [1.54, 1.807) is 0 Å². The van der Waals surface area contributed by atoms with Gasteiger partial charge in [0.2, 0.25) is 15.9 Å². The molecular formula is C24H20F5N3O3S. The summed E-state index contributed by atoms with van der Waals surface area (Å²) in [4.78, 5) is 15.9. The van der Waals surface area contributed by atoms with Gasteiger partial charge in [-0.1, -0.05) is 24.3 Å². The molecule has 6 nitrogen and oxygen atoms in total. The van der Waals surface area contributed by atoms with Crippen LogP contribution in [-0.2, 0) is 27.5 Å². The lowest BCUT2D eigenvalue weighted by Gasteiger charge is -2.12. The number of hydrogen-bond acceptors (Lipinski definition) is 4. The summed E-state index contributed by atoms with van der Waals surface area (Å²) in [5, 5.41) is 2.50. The van der Waals surface area contributed by atoms with Gasteiger partial charge in [-0.25, -0.2) is 22.2 Å². The Kier molecular flexibility index (Phi) is 7.77. The van der Waals surface area contributed by atoms with Gasteiger partial charge in [-0.2, -0.15) is 13.2 Å². The maximum absolute atomic E-state index is 14.3. The van der Waals surface area contributed by atoms with Crippen molar-refractivity contribution < 1.29 is 35.2 Å². The Morgan fingerprint density at radius 3 is 2.42 bits per heavy atom. The second-order valence-electron chi connectivity index (χ2n) is 7.84. The monoisotopic (exact) mass is 525 g/mol. The number of anilines is 1. The van der Waals surface area contributed by atoms with Crippen molar-refractivity contribution in [3.63, 3.8) is 0 Å². The quantitative estimate of drug-likeness (QED) is 0.334. The molecule has 0 saturated heterocycles. The average molecular weight is 525 g/mol. The van der Waals surface area contributed by atoms with Crippen LogP contribution in [0.3, 0.4) is 0 Å². The number of rotatable bonds is 7. The van der Waals surface area contributed by atoms with Gasteiger partial charge in [0.05, 0.1) is 17.6 Å². The van der Waals surface area contributed by atoms with Crippen molar-refractivity contribution in [1.29, 1.82) is 0 Å². The van der Waals surface area contributed by atoms with Gasteiger partial charge in [0, 0.05) is 23.7 Å². The maximum atomic E-state index is 14.3. The van der Waals surface area contributed by atoms with Crippen LogP contribution in [0, 0.1) is 18.6 Å². The van der Waals surface area contributed by atoms with Gasteiger partial charge in [0.15, 0.2) is 0 Å². The standard InChI is InChI=1S/C24H20F5N3O3S/c1-14-10-15(11-19(26)22(14)32-36(2,34)35)13-30-21(33)9-7-16-6-8-20(24(27,28)29)31-23(16)17-4-3-5-18(25)12-17/h3-12,32H,13H2,1-2H3,(H,30,33). The molecule has 0 bridgehead atoms. The molecule has 12 heteroatoms. The molecule has 0 radical (unpaired) electrons. The first kappa shape index (κ1) is 26.8. The first-order valence-corrected chi connectivity index (χ1v) is 12.2. The molecule has 0 saturated carbocycles. The third-order valence-corrected chi connectivity index (χ3v) is 5.41. The molecule has 1 amide bonds. The number of carbonyl (C=O) groups is 1. The Morgan fingerprint density at radius 1 is 1.08 bits per heavy atom. The zero-order valence-corrected chi connectivity index (χ0v) is 19.8. The Balaban J connectivity index is 1.80. The third kappa shape index (κ3) is 7.11. The Bertz CT molecular complexity index is 1410. The smallest absolute Gasteiger partial charge is 0.348 e. The molecule has 3 aromatic rings. The molecule has 0 aliphatic rings. The topological polar surface area (TPSA) is 88.2 Å². The van der Waals surface area contributed by atoms with E-state index in [0.29, 0.717) is 11.1 Å². The molecule has 0 atom stereocenters. The van der Waals surface area contributed by atoms with E-state index in [0.717, 1.165) is 42.7 Å². The lowest BCUT2D eigenvalue weighted by atomic mass is 10.0. The zero-order valence-electron chi connectivity index (χ0n) is 19.0. The minimum absolute atomic E-state index is 0.0925. The van der Waals surface area contributed by atoms with E-state index < -0.39 is 39.4 Å². The fourth-order valence-corrected chi connectivity index (χ4v) is 3.90. The second-order valence-corrected chi connectivity index (χ2v) is 9.59. The van der Waals surface area contributed by atoms with Crippen molar-refractivity contribution in [2.45, 2.75) is 19.6 Å². The number of nitrogens with zero attached hydrogens (tertiary/aromatic N) is 1. The summed E-state index contributed by atoms with van der Waals surface area (Å²) < 4.78 is 92.3. The molecule has 0 spiro atoms. The van der Waals surface area contributed by atoms with Gasteiger partial charge >= 0.3 is 6.18 Å². The van der Waals surface area contributed by atoms with Crippen LogP contribution in [0.15, 0.2) is 54.6 Å². The largest absolute Gasteiger partial charge is 0.433 e. The average Bonchev–Trinajstić information content (AvgIpc) is 2.77. The SMILES string of the molecule is Cc1cc(CNC(=O)C=Cc2ccc(C(F)(F)F)nc2-c2cccc(F)c2)cc(F)c1NS(C)(=O)=O. The first-order valence-electron chi connectivity index (χ1n) is 10.3. The molecule has 1 heterocycles. The summed E-state index contributed by atoms with van der Waals surface area (Å²) in [5.41, 5.74) is -0.656. The summed E-state index contributed by atoms with van der Waals surface area (Å²) in [7, 11) is -3.69. The Labute approximate surface area is 203 Å². The van der Waals surface area contributed by atoms with Crippen LogP contribution in [0.5, 0.6) is 0 Å². The number of sulfonamides is 1. The number of benzene rings is 2. The summed E-state index contributed by atoms with van der Waals surface area (Å²) in [6.07, 6.45) is -1.55. The Hall–Kier alpha value is -3.80. The maximum Gasteiger partial charge on any atom is 0.433 e. The number of halogens is 5. The van der Waals surface area contributed by atoms with E-state index >= 15 is 0 Å². The van der Waals surface area contributed by atoms with Crippen LogP contribution in [-0.4, -0.2) is 25.6 Å². The molecule has 36 heavy (non-hydrogen) atoms. The minimum Gasteiger partial charge on any atom is -0.348 e. The van der Waals surface area contributed by atoms with Crippen LogP contribution in [0.1, 0.15) is 22.4 Å². The lowest BCUT2D eigenvalue weighted by molar-refractivity contribution is -0.141. The van der Waals surface area contributed by atoms with Crippen molar-refractivity contribution in [3.8, 4) is 11.3 Å². The van der Waals surface area contributed by atoms with E-state index in [9.17, 15) is 35.2 Å². The summed E-state index contributed by atoms with van der Waals surface area (Å²) in [6, 6.07) is 9.29. The number of pyridine rings is 1. The van der Waals surface area contributed by atoms with Gasteiger partial charge in [-0.15, -0.1) is 0 Å². The third-order valence-electron chi connectivity index (χ3n) is 4.83. The number of alkyl halides is 3. The van der Waals surface area contributed by atoms with E-state index in [-0.39, 0.29) is 29.1 Å². The van der Waals surface area contributed by atoms with Crippen LogP contribution in [0.25, 0.3) is 17.3 Å². The molecule has 3 rings (SSSR count). The Morgan fingerprint density at radius 2 is 1.81 bits per heavy atom. The molecular weight excluding hydrogens is 505 g/mol. The highest BCUT2D eigenvalue weighted by Crippen LogP contribution is 2.32. The molecule has 0 fully saturated rings. The normalized spacial score (nSPS) is 12.1. The first-order chi connectivity index (χ1) is 16.7. The number of amides is 1. The second kappa shape index (κ2) is 10.4. The van der Waals surface area contributed by atoms with Crippen LogP contribution >= 0.6 is 0 Å². The molecule has 190 valence electrons. The highest BCUT2D eigenvalue weighted by atomic mass is 32.2. The lowest BCUT2D eigenvalue weighted by Crippen LogP contribution is -2.20. The zero-order chi connectivity index (χ0) is 26.7. The van der Waals surface area contributed by atoms with Crippen LogP contribution in [0.4, 0.5) is 27.6 Å². The number of nitrogens with one attached hydrogen (secondary N) is 2. The number of hydrogen-bond donors (Lipinski definition) is 2. The fourth-order valence-electron chi connectivity index (χ4n) is 3.27. The van der Waals surface area contributed by atoms with Crippen molar-refractivity contribution in [2.24, 2.45) is 0 Å². The van der Waals surface area contributed by atoms with E-state index in [2.05, 4.69) is 15.0 Å². The molecule has 0 unspecified atom stereocenters. The molecule has 1 aromatic heterocycles. The van der Waals surface area contributed by atoms with E-state index in [1.165, 1.54) is 31.2 Å². The molecule has 0 aliphatic carbocycles. The van der Waals surface area contributed by atoms with Gasteiger partial charge < -0.3 is 5.32 Å². The van der Waals surface area contributed by atoms with Gasteiger partial charge in [0.25, 0.3) is 0 Å². The highest BCUT2D eigenvalue weighted by Gasteiger charge is 2.33. The predicted octanol–water partition coefficient (Wildman–Crippen LogP) is 5.06. The van der Waals surface area contributed by atoms with Crippen LogP contribution < -0.4 is 10.0 Å². The predicted molar refractivity (Wildman–Crippen MR) is 125 cm³/mol. The van der Waals surface area contributed by atoms with Gasteiger partial charge in [-0.3, -0.25) is 9.52 Å². The van der Waals surface area contributed by atoms with Crippen molar-refractivity contribution in [2.75, 3.05) is 11.0 Å². The minimum atomic E-state index is -4.72. The fraction of sp³-hybridized carbons (Fsp3) is 0.167. The van der Waals surface area contributed by atoms with Gasteiger partial charge in [0.1, 0.15) is 17.3 Å². The summed E-state index contributed by atoms with van der Waals surface area (Å²) >= 11 is 0. The number of carbonyl (C=O) groups excluding carboxylic acids is 1. The molecule has 2 aromatic carbocycles. The summed E-state index contributed by atoms with van der Waals surface area (Å²) in [6.45, 7) is 1.38. The van der Waals surface area contributed by atoms with Crippen LogP contribution in [0.2, 0.25) is 0 Å². The summed E-state index contributed by atoms with van der Waals surface area (Å²) in [5.74, 6) is -2.13. The molecule has 0 aliphatic heterocycles. The molecule has 2 N–H and O–H groups in total. The number of aromatic nitrogens is 1. The van der Waals surface area contributed by atoms with E-state index in [1.807, 2.05) is 0 Å². The van der Waals surface area contributed by atoms with Crippen molar-refractivity contribution in [1.82, 2.24) is 10.3 Å². The highest BCUT2D eigenvalue weighted by molar-refractivity contribution is 7.92. The van der Waals surface area contributed by atoms with Gasteiger partial charge in [-0.05, 0) is 48.4 Å². The van der Waals surface area contributed by atoms with Crippen molar-refractivity contribution >= 4 is 27.7 Å².